The number of esters is 1. The zero-order chi connectivity index (χ0) is 24.1. The molecule has 3 aromatic rings. The van der Waals surface area contributed by atoms with Crippen molar-refractivity contribution in [2.75, 3.05) is 44.4 Å². The van der Waals surface area contributed by atoms with E-state index < -0.39 is 11.9 Å². The van der Waals surface area contributed by atoms with E-state index in [1.54, 1.807) is 12.3 Å². The van der Waals surface area contributed by atoms with Crippen LogP contribution in [0.2, 0.25) is 5.02 Å². The maximum atomic E-state index is 12.3. The maximum Gasteiger partial charge on any atom is 0.330 e. The predicted molar refractivity (Wildman–Crippen MR) is 131 cm³/mol. The van der Waals surface area contributed by atoms with Gasteiger partial charge >= 0.3 is 5.97 Å². The molecule has 0 radical (unpaired) electrons. The smallest absolute Gasteiger partial charge is 0.330 e. The summed E-state index contributed by atoms with van der Waals surface area (Å²) < 4.78 is 5.08. The van der Waals surface area contributed by atoms with Gasteiger partial charge in [-0.15, -0.1) is 0 Å². The highest BCUT2D eigenvalue weighted by Crippen LogP contribution is 2.38. The van der Waals surface area contributed by atoms with Gasteiger partial charge in [-0.25, -0.2) is 19.7 Å². The van der Waals surface area contributed by atoms with E-state index in [9.17, 15) is 9.59 Å². The highest BCUT2D eigenvalue weighted by molar-refractivity contribution is 6.30. The normalized spacial score (nSPS) is 14.9. The van der Waals surface area contributed by atoms with Crippen molar-refractivity contribution < 1.29 is 14.3 Å². The number of halogens is 1. The number of anilines is 2. The number of nitrogens with zero attached hydrogens (tertiary/aromatic N) is 4. The molecule has 0 saturated carbocycles. The van der Waals surface area contributed by atoms with E-state index in [0.29, 0.717) is 29.5 Å². The largest absolute Gasteiger partial charge is 0.462 e. The Morgan fingerprint density at radius 3 is 2.91 bits per heavy atom. The molecule has 4 rings (SSSR count). The fraction of sp³-hybridized carbons (Fsp3) is 0.292. The number of hydrogen-bond acceptors (Lipinski definition) is 8. The number of amides is 1. The third-order valence-electron chi connectivity index (χ3n) is 5.39. The summed E-state index contributed by atoms with van der Waals surface area (Å²) in [6.45, 7) is 1.78. The molecule has 1 unspecified atom stereocenters. The van der Waals surface area contributed by atoms with E-state index in [-0.39, 0.29) is 5.92 Å². The molecule has 0 bridgehead atoms. The summed E-state index contributed by atoms with van der Waals surface area (Å²) in [5, 5.41) is 7.49. The third-order valence-corrected chi connectivity index (χ3v) is 5.62. The molecule has 34 heavy (non-hydrogen) atoms. The lowest BCUT2D eigenvalue weighted by atomic mass is 9.95. The van der Waals surface area contributed by atoms with Crippen molar-refractivity contribution in [2.45, 2.75) is 12.3 Å². The van der Waals surface area contributed by atoms with Gasteiger partial charge in [0.25, 0.3) is 0 Å². The molecule has 1 aliphatic heterocycles. The van der Waals surface area contributed by atoms with E-state index >= 15 is 0 Å². The van der Waals surface area contributed by atoms with Crippen LogP contribution in [0.15, 0.2) is 48.9 Å². The SMILES string of the molecule is CN(C)CCCOC(=O)C=CC(=O)Nc1cc2c(C3CNc4cc(Cl)ccc43)ncnc2cn1. The number of carbonyl (C=O) groups excluding carboxylic acids is 2. The summed E-state index contributed by atoms with van der Waals surface area (Å²) in [6, 6.07) is 7.48. The first-order valence-corrected chi connectivity index (χ1v) is 11.2. The highest BCUT2D eigenvalue weighted by Gasteiger charge is 2.27. The Bertz CT molecular complexity index is 1250. The summed E-state index contributed by atoms with van der Waals surface area (Å²) in [6.07, 6.45) is 6.05. The van der Waals surface area contributed by atoms with E-state index in [0.717, 1.165) is 47.4 Å². The minimum absolute atomic E-state index is 0.00544. The number of pyridine rings is 1. The summed E-state index contributed by atoms with van der Waals surface area (Å²) in [5.41, 5.74) is 3.57. The minimum atomic E-state index is -0.566. The zero-order valence-corrected chi connectivity index (χ0v) is 19.7. The Balaban J connectivity index is 1.46. The third kappa shape index (κ3) is 5.67. The topological polar surface area (TPSA) is 109 Å². The predicted octanol–water partition coefficient (Wildman–Crippen LogP) is 3.23. The number of carbonyl (C=O) groups is 2. The Hall–Kier alpha value is -3.56. The molecule has 1 amide bonds. The lowest BCUT2D eigenvalue weighted by Crippen LogP contribution is -2.16. The van der Waals surface area contributed by atoms with E-state index in [1.165, 1.54) is 6.33 Å². The van der Waals surface area contributed by atoms with Gasteiger partial charge < -0.3 is 20.3 Å². The molecule has 2 aromatic heterocycles. The molecule has 1 atom stereocenters. The molecular formula is C24H25ClN6O3. The first kappa shape index (κ1) is 23.6. The fourth-order valence-electron chi connectivity index (χ4n) is 3.79. The van der Waals surface area contributed by atoms with Gasteiger partial charge in [0.15, 0.2) is 0 Å². The van der Waals surface area contributed by atoms with Crippen LogP contribution in [0, 0.1) is 0 Å². The number of fused-ring (bicyclic) bond motifs is 2. The number of nitrogens with one attached hydrogen (secondary N) is 2. The van der Waals surface area contributed by atoms with Crippen molar-refractivity contribution in [1.82, 2.24) is 19.9 Å². The van der Waals surface area contributed by atoms with Crippen LogP contribution in [0.25, 0.3) is 10.9 Å². The summed E-state index contributed by atoms with van der Waals surface area (Å²) in [7, 11) is 3.89. The van der Waals surface area contributed by atoms with Gasteiger partial charge in [0.05, 0.1) is 24.0 Å². The van der Waals surface area contributed by atoms with Gasteiger partial charge in [0, 0.05) is 47.3 Å². The van der Waals surface area contributed by atoms with Gasteiger partial charge in [-0.1, -0.05) is 17.7 Å². The van der Waals surface area contributed by atoms with Crippen molar-refractivity contribution in [3.63, 3.8) is 0 Å². The number of ether oxygens (including phenoxy) is 1. The second kappa shape index (κ2) is 10.6. The van der Waals surface area contributed by atoms with Gasteiger partial charge in [-0.2, -0.15) is 0 Å². The number of rotatable bonds is 8. The molecule has 10 heteroatoms. The maximum absolute atomic E-state index is 12.3. The standard InChI is InChI=1S/C24H25ClN6O3/c1-31(2)8-3-9-34-23(33)7-6-22(32)30-21-11-17-20(13-27-21)28-14-29-24(17)18-12-26-19-10-15(25)4-5-16(18)19/h4-7,10-11,13-14,18,26H,3,8-9,12H2,1-2H3,(H,27,30,32). The summed E-state index contributed by atoms with van der Waals surface area (Å²) >= 11 is 6.12. The minimum Gasteiger partial charge on any atom is -0.462 e. The van der Waals surface area contributed by atoms with Crippen LogP contribution in [0.1, 0.15) is 23.6 Å². The van der Waals surface area contributed by atoms with Crippen LogP contribution in [0.4, 0.5) is 11.5 Å². The van der Waals surface area contributed by atoms with Crippen LogP contribution >= 0.6 is 11.6 Å². The Morgan fingerprint density at radius 1 is 1.24 bits per heavy atom. The summed E-state index contributed by atoms with van der Waals surface area (Å²) in [5.74, 6) is -0.715. The van der Waals surface area contributed by atoms with Crippen LogP contribution in [-0.2, 0) is 14.3 Å². The Kier molecular flexibility index (Phi) is 7.34. The van der Waals surface area contributed by atoms with Crippen LogP contribution < -0.4 is 10.6 Å². The van der Waals surface area contributed by atoms with Crippen LogP contribution in [0.5, 0.6) is 0 Å². The molecule has 2 N–H and O–H groups in total. The van der Waals surface area contributed by atoms with Gasteiger partial charge in [-0.3, -0.25) is 4.79 Å². The lowest BCUT2D eigenvalue weighted by Gasteiger charge is -2.13. The second-order valence-corrected chi connectivity index (χ2v) is 8.59. The monoisotopic (exact) mass is 480 g/mol. The molecule has 9 nitrogen and oxygen atoms in total. The van der Waals surface area contributed by atoms with E-state index in [1.807, 2.05) is 37.2 Å². The lowest BCUT2D eigenvalue weighted by molar-refractivity contribution is -0.138. The molecule has 0 fully saturated rings. The Morgan fingerprint density at radius 2 is 2.09 bits per heavy atom. The van der Waals surface area contributed by atoms with Crippen molar-refractivity contribution in [1.29, 1.82) is 0 Å². The average Bonchev–Trinajstić information content (AvgIpc) is 3.22. The highest BCUT2D eigenvalue weighted by atomic mass is 35.5. The molecule has 1 aliphatic rings. The fourth-order valence-corrected chi connectivity index (χ4v) is 3.96. The Labute approximate surface area is 202 Å². The van der Waals surface area contributed by atoms with E-state index in [4.69, 9.17) is 16.3 Å². The van der Waals surface area contributed by atoms with Crippen LogP contribution in [0.3, 0.4) is 0 Å². The average molecular weight is 481 g/mol. The first-order chi connectivity index (χ1) is 16.4. The molecule has 3 heterocycles. The van der Waals surface area contributed by atoms with Crippen molar-refractivity contribution >= 4 is 45.9 Å². The number of aromatic nitrogens is 3. The van der Waals surface area contributed by atoms with Crippen LogP contribution in [-0.4, -0.2) is 65.5 Å². The molecule has 0 aliphatic carbocycles. The zero-order valence-electron chi connectivity index (χ0n) is 18.9. The number of hydrogen-bond donors (Lipinski definition) is 2. The number of benzene rings is 1. The van der Waals surface area contributed by atoms with Gasteiger partial charge in [0.1, 0.15) is 12.1 Å². The molecule has 1 aromatic carbocycles. The molecule has 176 valence electrons. The summed E-state index contributed by atoms with van der Waals surface area (Å²) in [4.78, 5) is 39.2. The van der Waals surface area contributed by atoms with E-state index in [2.05, 4.69) is 25.6 Å². The first-order valence-electron chi connectivity index (χ1n) is 10.8. The van der Waals surface area contributed by atoms with Gasteiger partial charge in [-0.05, 0) is 44.3 Å². The molecule has 0 spiro atoms. The van der Waals surface area contributed by atoms with Crippen molar-refractivity contribution in [2.24, 2.45) is 0 Å². The molecule has 0 saturated heterocycles. The quantitative estimate of drug-likeness (QED) is 0.287. The second-order valence-electron chi connectivity index (χ2n) is 8.16. The van der Waals surface area contributed by atoms with Gasteiger partial charge in [0.2, 0.25) is 5.91 Å². The van der Waals surface area contributed by atoms with Crippen molar-refractivity contribution in [3.8, 4) is 0 Å². The van der Waals surface area contributed by atoms with Crippen molar-refractivity contribution in [3.05, 3.63) is 65.2 Å². The molecular weight excluding hydrogens is 456 g/mol.